The molecule has 1 N–H and O–H groups in total. The highest BCUT2D eigenvalue weighted by Gasteiger charge is 2.24. The Bertz CT molecular complexity index is 1260. The molecular weight excluding hydrogens is 426 g/mol. The number of para-hydroxylation sites is 1. The van der Waals surface area contributed by atoms with Gasteiger partial charge in [0.2, 0.25) is 0 Å². The van der Waals surface area contributed by atoms with Crippen LogP contribution in [0.5, 0.6) is 0 Å². The van der Waals surface area contributed by atoms with Crippen LogP contribution in [0.4, 0.5) is 0 Å². The molecule has 0 saturated carbocycles. The van der Waals surface area contributed by atoms with Gasteiger partial charge in [-0.05, 0) is 42.7 Å². The standard InChI is InChI=1S/C28H27N3O3/c1-20-26(21(2)31(30-20)25-11-7-4-8-12-25)27(32)28(33)29-17-22-13-15-24(16-14-22)19-34-18-23-9-5-3-6-10-23/h3-16H,17-19H2,1-2H3,(H,29,33). The number of hydrogen-bond donors (Lipinski definition) is 1. The second-order valence-corrected chi connectivity index (χ2v) is 8.10. The van der Waals surface area contributed by atoms with Gasteiger partial charge in [0.15, 0.2) is 0 Å². The minimum atomic E-state index is -0.644. The normalized spacial score (nSPS) is 10.8. The van der Waals surface area contributed by atoms with Crippen molar-refractivity contribution in [3.05, 3.63) is 119 Å². The number of benzene rings is 3. The molecule has 0 aliphatic carbocycles. The molecular formula is C28H27N3O3. The molecule has 0 unspecified atom stereocenters. The van der Waals surface area contributed by atoms with Gasteiger partial charge in [0.1, 0.15) is 0 Å². The van der Waals surface area contributed by atoms with Gasteiger partial charge in [-0.1, -0.05) is 72.8 Å². The molecule has 6 heteroatoms. The number of aryl methyl sites for hydroxylation is 1. The minimum absolute atomic E-state index is 0.265. The number of hydrogen-bond acceptors (Lipinski definition) is 4. The van der Waals surface area contributed by atoms with Gasteiger partial charge in [-0.2, -0.15) is 5.10 Å². The highest BCUT2D eigenvalue weighted by atomic mass is 16.5. The second-order valence-electron chi connectivity index (χ2n) is 8.10. The summed E-state index contributed by atoms with van der Waals surface area (Å²) < 4.78 is 7.45. The molecule has 0 atom stereocenters. The van der Waals surface area contributed by atoms with E-state index in [1.165, 1.54) is 0 Å². The van der Waals surface area contributed by atoms with Gasteiger partial charge in [-0.15, -0.1) is 0 Å². The third-order valence-corrected chi connectivity index (χ3v) is 5.58. The maximum absolute atomic E-state index is 12.9. The molecule has 1 aromatic heterocycles. The summed E-state index contributed by atoms with van der Waals surface area (Å²) in [6.45, 7) is 4.86. The largest absolute Gasteiger partial charge is 0.372 e. The average molecular weight is 454 g/mol. The molecule has 1 heterocycles. The van der Waals surface area contributed by atoms with Crippen molar-refractivity contribution < 1.29 is 14.3 Å². The van der Waals surface area contributed by atoms with Crippen LogP contribution in [0.15, 0.2) is 84.9 Å². The number of Topliss-reactive ketones (excluding diaryl/α,β-unsaturated/α-hetero) is 1. The highest BCUT2D eigenvalue weighted by molar-refractivity contribution is 6.43. The van der Waals surface area contributed by atoms with Crippen molar-refractivity contribution in [2.75, 3.05) is 0 Å². The van der Waals surface area contributed by atoms with Crippen molar-refractivity contribution in [1.29, 1.82) is 0 Å². The summed E-state index contributed by atoms with van der Waals surface area (Å²) in [5.41, 5.74) is 5.43. The van der Waals surface area contributed by atoms with E-state index in [1.54, 1.807) is 18.5 Å². The Morgan fingerprint density at radius 2 is 1.35 bits per heavy atom. The fraction of sp³-hybridized carbons (Fsp3) is 0.179. The zero-order chi connectivity index (χ0) is 23.9. The van der Waals surface area contributed by atoms with Gasteiger partial charge < -0.3 is 10.1 Å². The Balaban J connectivity index is 1.32. The Kier molecular flexibility index (Phi) is 7.30. The first-order valence-corrected chi connectivity index (χ1v) is 11.2. The molecule has 0 saturated heterocycles. The van der Waals surface area contributed by atoms with E-state index in [-0.39, 0.29) is 6.54 Å². The topological polar surface area (TPSA) is 73.2 Å². The lowest BCUT2D eigenvalue weighted by Crippen LogP contribution is -2.31. The zero-order valence-electron chi connectivity index (χ0n) is 19.3. The fourth-order valence-corrected chi connectivity index (χ4v) is 3.78. The Labute approximate surface area is 199 Å². The van der Waals surface area contributed by atoms with Crippen molar-refractivity contribution in [2.45, 2.75) is 33.6 Å². The van der Waals surface area contributed by atoms with Crippen LogP contribution in [-0.4, -0.2) is 21.5 Å². The maximum Gasteiger partial charge on any atom is 0.292 e. The summed E-state index contributed by atoms with van der Waals surface area (Å²) in [6, 6.07) is 27.3. The van der Waals surface area contributed by atoms with Gasteiger partial charge in [-0.3, -0.25) is 9.59 Å². The summed E-state index contributed by atoms with van der Waals surface area (Å²) in [5.74, 6) is -1.22. The van der Waals surface area contributed by atoms with E-state index in [1.807, 2.05) is 84.9 Å². The van der Waals surface area contributed by atoms with Gasteiger partial charge in [0.05, 0.1) is 35.9 Å². The van der Waals surface area contributed by atoms with E-state index in [2.05, 4.69) is 10.4 Å². The van der Waals surface area contributed by atoms with Crippen LogP contribution >= 0.6 is 0 Å². The number of nitrogens with one attached hydrogen (secondary N) is 1. The Morgan fingerprint density at radius 3 is 2.00 bits per heavy atom. The summed E-state index contributed by atoms with van der Waals surface area (Å²) in [4.78, 5) is 25.5. The molecule has 4 rings (SSSR count). The predicted octanol–water partition coefficient (Wildman–Crippen LogP) is 4.71. The van der Waals surface area contributed by atoms with E-state index >= 15 is 0 Å². The van der Waals surface area contributed by atoms with Gasteiger partial charge in [0, 0.05) is 6.54 Å². The van der Waals surface area contributed by atoms with E-state index < -0.39 is 11.7 Å². The van der Waals surface area contributed by atoms with Gasteiger partial charge in [-0.25, -0.2) is 4.68 Å². The molecule has 1 amide bonds. The molecule has 172 valence electrons. The van der Waals surface area contributed by atoms with Crippen molar-refractivity contribution in [3.63, 3.8) is 0 Å². The number of aromatic nitrogens is 2. The van der Waals surface area contributed by atoms with Crippen LogP contribution in [0.3, 0.4) is 0 Å². The third kappa shape index (κ3) is 5.47. The number of amides is 1. The average Bonchev–Trinajstić information content (AvgIpc) is 3.17. The smallest absolute Gasteiger partial charge is 0.292 e. The van der Waals surface area contributed by atoms with E-state index in [0.29, 0.717) is 30.2 Å². The quantitative estimate of drug-likeness (QED) is 0.294. The molecule has 0 aliphatic rings. The fourth-order valence-electron chi connectivity index (χ4n) is 3.78. The van der Waals surface area contributed by atoms with E-state index in [9.17, 15) is 9.59 Å². The highest BCUT2D eigenvalue weighted by Crippen LogP contribution is 2.18. The summed E-state index contributed by atoms with van der Waals surface area (Å²) in [6.07, 6.45) is 0. The number of ether oxygens (including phenoxy) is 1. The second kappa shape index (κ2) is 10.7. The first-order valence-electron chi connectivity index (χ1n) is 11.2. The van der Waals surface area contributed by atoms with E-state index in [4.69, 9.17) is 4.74 Å². The molecule has 3 aromatic carbocycles. The Morgan fingerprint density at radius 1 is 0.794 bits per heavy atom. The van der Waals surface area contributed by atoms with Crippen LogP contribution in [-0.2, 0) is 29.3 Å². The molecule has 0 radical (unpaired) electrons. The molecule has 0 bridgehead atoms. The van der Waals surface area contributed by atoms with E-state index in [0.717, 1.165) is 22.4 Å². The van der Waals surface area contributed by atoms with Crippen molar-refractivity contribution >= 4 is 11.7 Å². The number of carbonyl (C=O) groups is 2. The summed E-state index contributed by atoms with van der Waals surface area (Å²) in [5, 5.41) is 7.19. The Hall–Kier alpha value is -4.03. The van der Waals surface area contributed by atoms with Crippen LogP contribution in [0, 0.1) is 13.8 Å². The minimum Gasteiger partial charge on any atom is -0.372 e. The van der Waals surface area contributed by atoms with Crippen LogP contribution < -0.4 is 5.32 Å². The van der Waals surface area contributed by atoms with Crippen LogP contribution in [0.1, 0.15) is 38.4 Å². The molecule has 6 nitrogen and oxygen atoms in total. The third-order valence-electron chi connectivity index (χ3n) is 5.58. The number of carbonyl (C=O) groups excluding carboxylic acids is 2. The zero-order valence-corrected chi connectivity index (χ0v) is 19.3. The summed E-state index contributed by atoms with van der Waals surface area (Å²) in [7, 11) is 0. The van der Waals surface area contributed by atoms with Crippen LogP contribution in [0.2, 0.25) is 0 Å². The SMILES string of the molecule is Cc1nn(-c2ccccc2)c(C)c1C(=O)C(=O)NCc1ccc(COCc2ccccc2)cc1. The van der Waals surface area contributed by atoms with Crippen molar-refractivity contribution in [1.82, 2.24) is 15.1 Å². The van der Waals surface area contributed by atoms with Gasteiger partial charge >= 0.3 is 0 Å². The van der Waals surface area contributed by atoms with Crippen LogP contribution in [0.25, 0.3) is 5.69 Å². The first kappa shape index (κ1) is 23.1. The molecule has 34 heavy (non-hydrogen) atoms. The first-order chi connectivity index (χ1) is 16.5. The number of rotatable bonds is 9. The van der Waals surface area contributed by atoms with Gasteiger partial charge in [0.25, 0.3) is 11.7 Å². The number of nitrogens with zero attached hydrogens (tertiary/aromatic N) is 2. The lowest BCUT2D eigenvalue weighted by Gasteiger charge is -2.08. The van der Waals surface area contributed by atoms with Crippen molar-refractivity contribution in [2.24, 2.45) is 0 Å². The molecule has 0 fully saturated rings. The maximum atomic E-state index is 12.9. The number of ketones is 1. The molecule has 4 aromatic rings. The van der Waals surface area contributed by atoms with Crippen molar-refractivity contribution in [3.8, 4) is 5.69 Å². The molecule has 0 spiro atoms. The predicted molar refractivity (Wildman–Crippen MR) is 131 cm³/mol. The monoisotopic (exact) mass is 453 g/mol. The summed E-state index contributed by atoms with van der Waals surface area (Å²) >= 11 is 0. The lowest BCUT2D eigenvalue weighted by atomic mass is 10.1. The lowest BCUT2D eigenvalue weighted by molar-refractivity contribution is -0.117. The molecule has 0 aliphatic heterocycles.